The molecule has 2 aromatic rings. The highest BCUT2D eigenvalue weighted by Gasteiger charge is 2.31. The number of nitrogens with zero attached hydrogens (tertiary/aromatic N) is 1. The average Bonchev–Trinajstić information content (AvgIpc) is 2.98. The average molecular weight is 387 g/mol. The second kappa shape index (κ2) is 6.16. The van der Waals surface area contributed by atoms with Crippen LogP contribution in [-0.2, 0) is 16.4 Å². The predicted octanol–water partition coefficient (Wildman–Crippen LogP) is 3.20. The first-order valence-corrected chi connectivity index (χ1v) is 9.06. The van der Waals surface area contributed by atoms with Crippen LogP contribution in [-0.4, -0.2) is 21.1 Å². The van der Waals surface area contributed by atoms with E-state index in [2.05, 4.69) is 0 Å². The van der Waals surface area contributed by atoms with Crippen molar-refractivity contribution in [3.05, 3.63) is 52.0 Å². The van der Waals surface area contributed by atoms with Gasteiger partial charge in [-0.2, -0.15) is 4.31 Å². The minimum atomic E-state index is -4.20. The Labute approximate surface area is 148 Å². The first-order chi connectivity index (χ1) is 11.3. The summed E-state index contributed by atoms with van der Waals surface area (Å²) in [5.74, 6) is 0.633. The van der Waals surface area contributed by atoms with Crippen LogP contribution < -0.4 is 14.8 Å². The van der Waals surface area contributed by atoms with E-state index in [4.69, 9.17) is 33.7 Å². The number of hydrogen-bond acceptors (Lipinski definition) is 4. The number of urea groups is 1. The number of hydrogen-bond donors (Lipinski definition) is 1. The van der Waals surface area contributed by atoms with Gasteiger partial charge in [0, 0.05) is 6.42 Å². The number of carbonyl (C=O) groups is 1. The van der Waals surface area contributed by atoms with Crippen molar-refractivity contribution in [2.75, 3.05) is 10.9 Å². The molecule has 2 N–H and O–H groups in total. The fourth-order valence-electron chi connectivity index (χ4n) is 2.42. The van der Waals surface area contributed by atoms with Crippen molar-refractivity contribution >= 4 is 44.9 Å². The predicted molar refractivity (Wildman–Crippen MR) is 91.4 cm³/mol. The van der Waals surface area contributed by atoms with Crippen molar-refractivity contribution in [3.63, 3.8) is 0 Å². The monoisotopic (exact) mass is 386 g/mol. The minimum Gasteiger partial charge on any atom is -0.493 e. The molecule has 0 aromatic heterocycles. The van der Waals surface area contributed by atoms with Crippen molar-refractivity contribution in [3.8, 4) is 5.75 Å². The van der Waals surface area contributed by atoms with Crippen LogP contribution in [0.15, 0.2) is 41.3 Å². The largest absolute Gasteiger partial charge is 0.493 e. The Morgan fingerprint density at radius 3 is 2.54 bits per heavy atom. The van der Waals surface area contributed by atoms with E-state index in [1.54, 1.807) is 6.07 Å². The molecule has 0 aliphatic carbocycles. The summed E-state index contributed by atoms with van der Waals surface area (Å²) in [4.78, 5) is 11.8. The number of ether oxygens (including phenoxy) is 1. The number of anilines is 1. The van der Waals surface area contributed by atoms with E-state index in [-0.39, 0.29) is 20.6 Å². The highest BCUT2D eigenvalue weighted by atomic mass is 35.5. The topological polar surface area (TPSA) is 89.7 Å². The summed E-state index contributed by atoms with van der Waals surface area (Å²) in [6.45, 7) is 0.491. The van der Waals surface area contributed by atoms with Gasteiger partial charge in [-0.1, -0.05) is 23.2 Å². The summed E-state index contributed by atoms with van der Waals surface area (Å²) >= 11 is 11.7. The van der Waals surface area contributed by atoms with E-state index in [0.717, 1.165) is 5.56 Å². The van der Waals surface area contributed by atoms with E-state index in [1.165, 1.54) is 30.3 Å². The molecule has 6 nitrogen and oxygen atoms in total. The van der Waals surface area contributed by atoms with Crippen LogP contribution in [0.3, 0.4) is 0 Å². The Morgan fingerprint density at radius 2 is 1.88 bits per heavy atom. The number of benzene rings is 2. The Hall–Kier alpha value is -1.96. The van der Waals surface area contributed by atoms with Crippen molar-refractivity contribution in [1.29, 1.82) is 0 Å². The van der Waals surface area contributed by atoms with Crippen molar-refractivity contribution in [2.45, 2.75) is 11.3 Å². The maximum atomic E-state index is 12.9. The molecule has 0 fully saturated rings. The fourth-order valence-corrected chi connectivity index (χ4v) is 4.09. The standard InChI is InChI=1S/C15H12Cl2N2O4S/c16-12-3-1-10(8-13(12)17)19(15(18)20)24(21,22)11-2-4-14-9(7-11)5-6-23-14/h1-4,7-8H,5-6H2,(H2,18,20). The molecule has 126 valence electrons. The molecule has 0 radical (unpaired) electrons. The SMILES string of the molecule is NC(=O)N(c1ccc(Cl)c(Cl)c1)S(=O)(=O)c1ccc2c(c1)CCO2. The lowest BCUT2D eigenvalue weighted by Crippen LogP contribution is -2.40. The smallest absolute Gasteiger partial charge is 0.333 e. The van der Waals surface area contributed by atoms with E-state index >= 15 is 0 Å². The van der Waals surface area contributed by atoms with E-state index < -0.39 is 16.1 Å². The van der Waals surface area contributed by atoms with Crippen LogP contribution >= 0.6 is 23.2 Å². The third-order valence-corrected chi connectivity index (χ3v) is 6.00. The van der Waals surface area contributed by atoms with Gasteiger partial charge in [0.1, 0.15) is 5.75 Å². The third kappa shape index (κ3) is 2.90. The molecular weight excluding hydrogens is 375 g/mol. The first kappa shape index (κ1) is 16.9. The summed E-state index contributed by atoms with van der Waals surface area (Å²) in [6.07, 6.45) is 0.599. The molecule has 24 heavy (non-hydrogen) atoms. The van der Waals surface area contributed by atoms with Crippen LogP contribution in [0.1, 0.15) is 5.56 Å². The fraction of sp³-hybridized carbons (Fsp3) is 0.133. The number of nitrogens with two attached hydrogens (primary N) is 1. The zero-order valence-electron chi connectivity index (χ0n) is 12.2. The van der Waals surface area contributed by atoms with Crippen LogP contribution in [0.25, 0.3) is 0 Å². The zero-order valence-corrected chi connectivity index (χ0v) is 14.5. The summed E-state index contributed by atoms with van der Waals surface area (Å²) in [7, 11) is -4.20. The van der Waals surface area contributed by atoms with Gasteiger partial charge in [0.25, 0.3) is 10.0 Å². The summed E-state index contributed by atoms with van der Waals surface area (Å²) in [6, 6.07) is 7.27. The normalized spacial score (nSPS) is 13.2. The van der Waals surface area contributed by atoms with Gasteiger partial charge in [-0.05, 0) is 42.0 Å². The van der Waals surface area contributed by atoms with Crippen LogP contribution in [0.2, 0.25) is 10.0 Å². The number of primary amides is 1. The Balaban J connectivity index is 2.10. The second-order valence-corrected chi connectivity index (χ2v) is 7.68. The Morgan fingerprint density at radius 1 is 1.12 bits per heavy atom. The molecule has 3 rings (SSSR count). The molecule has 2 amide bonds. The number of sulfonamides is 1. The van der Waals surface area contributed by atoms with Gasteiger partial charge in [0.2, 0.25) is 0 Å². The Bertz CT molecular complexity index is 931. The molecule has 1 aliphatic heterocycles. The minimum absolute atomic E-state index is 0.00801. The summed E-state index contributed by atoms with van der Waals surface area (Å²) < 4.78 is 31.6. The van der Waals surface area contributed by atoms with Crippen molar-refractivity contribution < 1.29 is 17.9 Å². The molecule has 0 atom stereocenters. The lowest BCUT2D eigenvalue weighted by atomic mass is 10.2. The van der Waals surface area contributed by atoms with E-state index in [0.29, 0.717) is 23.1 Å². The van der Waals surface area contributed by atoms with Crippen molar-refractivity contribution in [1.82, 2.24) is 0 Å². The molecule has 0 spiro atoms. The molecular formula is C15H12Cl2N2O4S. The first-order valence-electron chi connectivity index (χ1n) is 6.86. The summed E-state index contributed by atoms with van der Waals surface area (Å²) in [5, 5.41) is 0.342. The van der Waals surface area contributed by atoms with Gasteiger partial charge in [0.15, 0.2) is 0 Å². The summed E-state index contributed by atoms with van der Waals surface area (Å²) in [5.41, 5.74) is 6.07. The molecule has 1 aliphatic rings. The van der Waals surface area contributed by atoms with Crippen LogP contribution in [0.4, 0.5) is 10.5 Å². The quantitative estimate of drug-likeness (QED) is 0.876. The van der Waals surface area contributed by atoms with Gasteiger partial charge in [0.05, 0.1) is 27.2 Å². The van der Waals surface area contributed by atoms with E-state index in [1.807, 2.05) is 0 Å². The Kier molecular flexibility index (Phi) is 4.33. The van der Waals surface area contributed by atoms with E-state index in [9.17, 15) is 13.2 Å². The van der Waals surface area contributed by atoms with Gasteiger partial charge in [-0.3, -0.25) is 0 Å². The lowest BCUT2D eigenvalue weighted by Gasteiger charge is -2.21. The van der Waals surface area contributed by atoms with Crippen LogP contribution in [0, 0.1) is 0 Å². The maximum Gasteiger partial charge on any atom is 0.333 e. The second-order valence-electron chi connectivity index (χ2n) is 5.07. The van der Waals surface area contributed by atoms with Crippen molar-refractivity contribution in [2.24, 2.45) is 5.73 Å². The maximum absolute atomic E-state index is 12.9. The van der Waals surface area contributed by atoms with Gasteiger partial charge >= 0.3 is 6.03 Å². The number of amides is 2. The third-order valence-electron chi connectivity index (χ3n) is 3.54. The highest BCUT2D eigenvalue weighted by molar-refractivity contribution is 7.93. The molecule has 0 unspecified atom stereocenters. The van der Waals surface area contributed by atoms with Crippen LogP contribution in [0.5, 0.6) is 5.75 Å². The molecule has 1 heterocycles. The molecule has 0 saturated heterocycles. The molecule has 2 aromatic carbocycles. The van der Waals surface area contributed by atoms with Gasteiger partial charge < -0.3 is 10.5 Å². The number of rotatable bonds is 3. The number of carbonyl (C=O) groups excluding carboxylic acids is 1. The molecule has 9 heteroatoms. The number of fused-ring (bicyclic) bond motifs is 1. The lowest BCUT2D eigenvalue weighted by molar-refractivity contribution is 0.257. The molecule has 0 saturated carbocycles. The van der Waals surface area contributed by atoms with Gasteiger partial charge in [-0.15, -0.1) is 0 Å². The number of halogens is 2. The highest BCUT2D eigenvalue weighted by Crippen LogP contribution is 2.33. The molecule has 0 bridgehead atoms. The zero-order chi connectivity index (χ0) is 17.5. The van der Waals surface area contributed by atoms with Gasteiger partial charge in [-0.25, -0.2) is 13.2 Å².